The summed E-state index contributed by atoms with van der Waals surface area (Å²) in [6.07, 6.45) is 1.85. The molecule has 0 amide bonds. The molecular weight excluding hydrogens is 245 g/mol. The number of carboxylic acids is 1. The summed E-state index contributed by atoms with van der Waals surface area (Å²) in [5.74, 6) is -0.393. The molecule has 1 heterocycles. The van der Waals surface area contributed by atoms with Crippen LogP contribution in [0.5, 0.6) is 0 Å². The first-order chi connectivity index (χ1) is 9.06. The number of carbonyl (C=O) groups is 1. The van der Waals surface area contributed by atoms with E-state index in [1.165, 1.54) is 6.07 Å². The van der Waals surface area contributed by atoms with Crippen molar-refractivity contribution >= 4 is 5.97 Å². The van der Waals surface area contributed by atoms with E-state index in [0.717, 1.165) is 25.1 Å². The van der Waals surface area contributed by atoms with Crippen molar-refractivity contribution in [3.05, 3.63) is 35.6 Å². The number of likely N-dealkylation sites (tertiary alicyclic amines) is 1. The van der Waals surface area contributed by atoms with Gasteiger partial charge in [0.1, 0.15) is 5.82 Å². The lowest BCUT2D eigenvalue weighted by Gasteiger charge is -2.24. The van der Waals surface area contributed by atoms with Gasteiger partial charge in [0.05, 0.1) is 0 Å². The first-order valence-corrected chi connectivity index (χ1v) is 6.77. The molecule has 0 radical (unpaired) electrons. The Hall–Kier alpha value is -1.42. The molecule has 1 fully saturated rings. The number of carboxylic acid groups (broad SMARTS) is 1. The molecule has 1 N–H and O–H groups in total. The van der Waals surface area contributed by atoms with Crippen molar-refractivity contribution in [1.82, 2.24) is 4.90 Å². The summed E-state index contributed by atoms with van der Waals surface area (Å²) in [6, 6.07) is 6.96. The maximum absolute atomic E-state index is 13.3. The zero-order valence-corrected chi connectivity index (χ0v) is 11.2. The topological polar surface area (TPSA) is 40.5 Å². The number of hydrogen-bond acceptors (Lipinski definition) is 2. The van der Waals surface area contributed by atoms with Gasteiger partial charge in [0, 0.05) is 19.0 Å². The molecule has 104 valence electrons. The Morgan fingerprint density at radius 1 is 1.53 bits per heavy atom. The minimum atomic E-state index is -0.755. The third kappa shape index (κ3) is 3.77. The van der Waals surface area contributed by atoms with Crippen LogP contribution in [0.15, 0.2) is 24.3 Å². The van der Waals surface area contributed by atoms with Gasteiger partial charge in [0.15, 0.2) is 0 Å². The van der Waals surface area contributed by atoms with Crippen LogP contribution in [-0.4, -0.2) is 29.1 Å². The number of aliphatic carboxylic acids is 1. The van der Waals surface area contributed by atoms with Crippen LogP contribution in [-0.2, 0) is 4.79 Å². The average molecular weight is 265 g/mol. The first kappa shape index (κ1) is 14.0. The Bertz CT molecular complexity index is 450. The summed E-state index contributed by atoms with van der Waals surface area (Å²) in [5.41, 5.74) is 1.000. The summed E-state index contributed by atoms with van der Waals surface area (Å²) < 4.78 is 13.3. The standard InChI is InChI=1S/C15H20FNO2/c1-11-8-14(12-4-2-5-13(16)9-12)17(10-11)7-3-6-15(18)19/h2,4-5,9,11,14H,3,6-8,10H2,1H3,(H,18,19)/t11-,14-/m1/s1. The van der Waals surface area contributed by atoms with E-state index in [2.05, 4.69) is 11.8 Å². The van der Waals surface area contributed by atoms with E-state index < -0.39 is 5.97 Å². The van der Waals surface area contributed by atoms with Crippen LogP contribution in [0.25, 0.3) is 0 Å². The fraction of sp³-hybridized carbons (Fsp3) is 0.533. The van der Waals surface area contributed by atoms with Gasteiger partial charge in [-0.3, -0.25) is 9.69 Å². The molecule has 2 atom stereocenters. The lowest BCUT2D eigenvalue weighted by atomic mass is 10.0. The summed E-state index contributed by atoms with van der Waals surface area (Å²) in [7, 11) is 0. The van der Waals surface area contributed by atoms with Crippen molar-refractivity contribution in [3.63, 3.8) is 0 Å². The lowest BCUT2D eigenvalue weighted by Crippen LogP contribution is -2.25. The van der Waals surface area contributed by atoms with Gasteiger partial charge in [-0.15, -0.1) is 0 Å². The molecule has 0 aromatic heterocycles. The second-order valence-electron chi connectivity index (χ2n) is 5.40. The smallest absolute Gasteiger partial charge is 0.303 e. The minimum absolute atomic E-state index is 0.195. The van der Waals surface area contributed by atoms with E-state index in [4.69, 9.17) is 5.11 Å². The average Bonchev–Trinajstić information content (AvgIpc) is 2.70. The molecule has 0 spiro atoms. The zero-order valence-electron chi connectivity index (χ0n) is 11.2. The first-order valence-electron chi connectivity index (χ1n) is 6.77. The molecule has 4 heteroatoms. The fourth-order valence-corrected chi connectivity index (χ4v) is 2.87. The Balaban J connectivity index is 2.02. The SMILES string of the molecule is C[C@@H]1C[C@H](c2cccc(F)c2)N(CCCC(=O)O)C1. The molecule has 0 saturated carbocycles. The Labute approximate surface area is 113 Å². The summed E-state index contributed by atoms with van der Waals surface area (Å²) >= 11 is 0. The maximum atomic E-state index is 13.3. The van der Waals surface area contributed by atoms with E-state index >= 15 is 0 Å². The number of halogens is 1. The van der Waals surface area contributed by atoms with Crippen LogP contribution in [0.2, 0.25) is 0 Å². The maximum Gasteiger partial charge on any atom is 0.303 e. The second-order valence-corrected chi connectivity index (χ2v) is 5.40. The molecule has 1 aliphatic rings. The van der Waals surface area contributed by atoms with Crippen molar-refractivity contribution in [1.29, 1.82) is 0 Å². The van der Waals surface area contributed by atoms with Crippen molar-refractivity contribution in [2.24, 2.45) is 5.92 Å². The summed E-state index contributed by atoms with van der Waals surface area (Å²) in [6.45, 7) is 3.90. The third-order valence-electron chi connectivity index (χ3n) is 3.68. The second kappa shape index (κ2) is 6.15. The van der Waals surface area contributed by atoms with Crippen LogP contribution in [0, 0.1) is 11.7 Å². The monoisotopic (exact) mass is 265 g/mol. The number of hydrogen-bond donors (Lipinski definition) is 1. The van der Waals surface area contributed by atoms with E-state index in [9.17, 15) is 9.18 Å². The molecule has 1 saturated heterocycles. The fourth-order valence-electron chi connectivity index (χ4n) is 2.87. The molecule has 19 heavy (non-hydrogen) atoms. The van der Waals surface area contributed by atoms with Crippen LogP contribution in [0.4, 0.5) is 4.39 Å². The molecular formula is C15H20FNO2. The van der Waals surface area contributed by atoms with Gasteiger partial charge in [0.2, 0.25) is 0 Å². The van der Waals surface area contributed by atoms with E-state index in [-0.39, 0.29) is 18.3 Å². The molecule has 0 bridgehead atoms. The Kier molecular flexibility index (Phi) is 4.53. The summed E-state index contributed by atoms with van der Waals surface area (Å²) in [5, 5.41) is 8.69. The van der Waals surface area contributed by atoms with Crippen molar-refractivity contribution in [2.75, 3.05) is 13.1 Å². The molecule has 1 aromatic rings. The van der Waals surface area contributed by atoms with Crippen LogP contribution in [0.3, 0.4) is 0 Å². The van der Waals surface area contributed by atoms with Crippen molar-refractivity contribution in [3.8, 4) is 0 Å². The highest BCUT2D eigenvalue weighted by molar-refractivity contribution is 5.66. The number of benzene rings is 1. The highest BCUT2D eigenvalue weighted by Crippen LogP contribution is 2.35. The molecule has 2 rings (SSSR count). The lowest BCUT2D eigenvalue weighted by molar-refractivity contribution is -0.137. The quantitative estimate of drug-likeness (QED) is 0.889. The van der Waals surface area contributed by atoms with Gasteiger partial charge < -0.3 is 5.11 Å². The normalized spacial score (nSPS) is 23.7. The minimum Gasteiger partial charge on any atom is -0.481 e. The highest BCUT2D eigenvalue weighted by Gasteiger charge is 2.30. The van der Waals surface area contributed by atoms with Gasteiger partial charge in [-0.25, -0.2) is 4.39 Å². The molecule has 0 aliphatic carbocycles. The van der Waals surface area contributed by atoms with Crippen LogP contribution < -0.4 is 0 Å². The van der Waals surface area contributed by atoms with Gasteiger partial charge >= 0.3 is 5.97 Å². The van der Waals surface area contributed by atoms with Crippen LogP contribution in [0.1, 0.15) is 37.8 Å². The van der Waals surface area contributed by atoms with Gasteiger partial charge in [-0.05, 0) is 43.0 Å². The Morgan fingerprint density at radius 3 is 3.00 bits per heavy atom. The predicted molar refractivity (Wildman–Crippen MR) is 71.4 cm³/mol. The molecule has 1 aliphatic heterocycles. The summed E-state index contributed by atoms with van der Waals surface area (Å²) in [4.78, 5) is 12.8. The van der Waals surface area contributed by atoms with Crippen molar-refractivity contribution < 1.29 is 14.3 Å². The predicted octanol–water partition coefficient (Wildman–Crippen LogP) is 3.07. The van der Waals surface area contributed by atoms with Gasteiger partial charge in [-0.1, -0.05) is 19.1 Å². The third-order valence-corrected chi connectivity index (χ3v) is 3.68. The largest absolute Gasteiger partial charge is 0.481 e. The van der Waals surface area contributed by atoms with Gasteiger partial charge in [0.25, 0.3) is 0 Å². The van der Waals surface area contributed by atoms with E-state index in [1.807, 2.05) is 6.07 Å². The van der Waals surface area contributed by atoms with E-state index in [1.54, 1.807) is 12.1 Å². The zero-order chi connectivity index (χ0) is 13.8. The molecule has 3 nitrogen and oxygen atoms in total. The highest BCUT2D eigenvalue weighted by atomic mass is 19.1. The number of nitrogens with zero attached hydrogens (tertiary/aromatic N) is 1. The van der Waals surface area contributed by atoms with Crippen molar-refractivity contribution in [2.45, 2.75) is 32.2 Å². The molecule has 0 unspecified atom stereocenters. The Morgan fingerprint density at radius 2 is 2.32 bits per heavy atom. The number of rotatable bonds is 5. The van der Waals surface area contributed by atoms with E-state index in [0.29, 0.717) is 12.3 Å². The molecule has 1 aromatic carbocycles. The van der Waals surface area contributed by atoms with Gasteiger partial charge in [-0.2, -0.15) is 0 Å². The van der Waals surface area contributed by atoms with Crippen LogP contribution >= 0.6 is 0 Å².